The average molecular weight is 476 g/mol. The molecule has 6 nitrogen and oxygen atoms in total. The number of aromatic amines is 1. The number of rotatable bonds is 8. The van der Waals surface area contributed by atoms with Gasteiger partial charge in [0.2, 0.25) is 5.91 Å². The van der Waals surface area contributed by atoms with Crippen molar-refractivity contribution in [2.24, 2.45) is 5.73 Å². The molecule has 0 radical (unpaired) electrons. The summed E-state index contributed by atoms with van der Waals surface area (Å²) in [6, 6.07) is 13.1. The third-order valence-electron chi connectivity index (χ3n) is 6.05. The number of piperidine rings is 1. The number of hydrogen-bond donors (Lipinski definition) is 3. The van der Waals surface area contributed by atoms with Crippen molar-refractivity contribution >= 4 is 40.0 Å². The molecule has 0 aliphatic carbocycles. The number of primary amides is 1. The highest BCUT2D eigenvalue weighted by Crippen LogP contribution is 2.30. The number of fused-ring (bicyclic) bond motifs is 1. The minimum Gasteiger partial charge on any atom is -0.490 e. The van der Waals surface area contributed by atoms with Crippen molar-refractivity contribution in [1.29, 1.82) is 0 Å². The van der Waals surface area contributed by atoms with Gasteiger partial charge in [-0.3, -0.25) is 4.79 Å². The zero-order valence-corrected chi connectivity index (χ0v) is 19.1. The Kier molecular flexibility index (Phi) is 7.26. The number of aliphatic hydroxyl groups is 1. The van der Waals surface area contributed by atoms with E-state index < -0.39 is 17.9 Å². The van der Waals surface area contributed by atoms with Crippen molar-refractivity contribution in [3.05, 3.63) is 64.3 Å². The number of H-pyrrole nitrogens is 1. The minimum absolute atomic E-state index is 0.0882. The van der Waals surface area contributed by atoms with E-state index in [-0.39, 0.29) is 12.5 Å². The van der Waals surface area contributed by atoms with Crippen LogP contribution in [0, 0.1) is 0 Å². The summed E-state index contributed by atoms with van der Waals surface area (Å²) in [4.78, 5) is 17.6. The zero-order chi connectivity index (χ0) is 22.7. The van der Waals surface area contributed by atoms with Gasteiger partial charge in [-0.15, -0.1) is 0 Å². The number of carbonyl (C=O) groups is 1. The Balaban J connectivity index is 1.30. The Bertz CT molecular complexity index is 1080. The molecular formula is C24H27Cl2N3O3. The number of likely N-dealkylation sites (tertiary alicyclic amines) is 1. The first kappa shape index (κ1) is 22.9. The number of β-amino-alcohol motifs (C(OH)–C–C–N with tert-alkyl or cyclic N) is 1. The number of ether oxygens (including phenoxy) is 1. The molecule has 2 aromatic carbocycles. The molecular weight excluding hydrogens is 449 g/mol. The van der Waals surface area contributed by atoms with Gasteiger partial charge in [-0.1, -0.05) is 41.4 Å². The van der Waals surface area contributed by atoms with Crippen LogP contribution in [0.2, 0.25) is 10.0 Å². The van der Waals surface area contributed by atoms with E-state index in [1.54, 1.807) is 12.1 Å². The van der Waals surface area contributed by atoms with Crippen LogP contribution in [-0.2, 0) is 4.79 Å². The summed E-state index contributed by atoms with van der Waals surface area (Å²) in [6.07, 6.45) is 3.22. The number of benzene rings is 2. The molecule has 3 aromatic rings. The van der Waals surface area contributed by atoms with Crippen molar-refractivity contribution < 1.29 is 14.6 Å². The van der Waals surface area contributed by atoms with Crippen LogP contribution in [-0.4, -0.2) is 52.7 Å². The molecule has 4 rings (SSSR count). The van der Waals surface area contributed by atoms with E-state index in [1.807, 2.05) is 36.5 Å². The molecule has 0 saturated carbocycles. The molecule has 1 aliphatic rings. The van der Waals surface area contributed by atoms with Crippen molar-refractivity contribution in [3.8, 4) is 5.75 Å². The third kappa shape index (κ3) is 5.38. The van der Waals surface area contributed by atoms with Gasteiger partial charge < -0.3 is 25.5 Å². The van der Waals surface area contributed by atoms with Crippen LogP contribution in [0.1, 0.15) is 30.7 Å². The van der Waals surface area contributed by atoms with Crippen molar-refractivity contribution in [3.63, 3.8) is 0 Å². The zero-order valence-electron chi connectivity index (χ0n) is 17.6. The van der Waals surface area contributed by atoms with Crippen molar-refractivity contribution in [2.45, 2.75) is 37.4 Å². The van der Waals surface area contributed by atoms with Crippen LogP contribution >= 0.6 is 23.2 Å². The summed E-state index contributed by atoms with van der Waals surface area (Å²) in [5.74, 6) is -0.264. The minimum atomic E-state index is -0.659. The topological polar surface area (TPSA) is 91.6 Å². The molecule has 1 aliphatic heterocycles. The molecule has 1 fully saturated rings. The number of halogens is 2. The molecule has 4 N–H and O–H groups in total. The third-order valence-corrected chi connectivity index (χ3v) is 6.78. The van der Waals surface area contributed by atoms with E-state index in [9.17, 15) is 9.90 Å². The summed E-state index contributed by atoms with van der Waals surface area (Å²) in [6.45, 7) is 2.10. The van der Waals surface area contributed by atoms with Crippen LogP contribution in [0.3, 0.4) is 0 Å². The number of para-hydroxylation sites is 1. The predicted molar refractivity (Wildman–Crippen MR) is 127 cm³/mol. The molecule has 1 unspecified atom stereocenters. The highest BCUT2D eigenvalue weighted by molar-refractivity contribution is 6.42. The van der Waals surface area contributed by atoms with Gasteiger partial charge in [0.15, 0.2) is 0 Å². The van der Waals surface area contributed by atoms with Gasteiger partial charge in [0.1, 0.15) is 11.9 Å². The lowest BCUT2D eigenvalue weighted by atomic mass is 9.91. The van der Waals surface area contributed by atoms with E-state index in [4.69, 9.17) is 33.7 Å². The number of aromatic nitrogens is 1. The van der Waals surface area contributed by atoms with Crippen molar-refractivity contribution in [1.82, 2.24) is 9.88 Å². The Labute approximate surface area is 197 Å². The molecule has 1 aromatic heterocycles. The van der Waals surface area contributed by atoms with Crippen LogP contribution in [0.25, 0.3) is 10.9 Å². The Morgan fingerprint density at radius 1 is 1.19 bits per heavy atom. The van der Waals surface area contributed by atoms with Gasteiger partial charge in [-0.05, 0) is 43.0 Å². The first-order chi connectivity index (χ1) is 15.4. The summed E-state index contributed by atoms with van der Waals surface area (Å²) < 4.78 is 6.03. The lowest BCUT2D eigenvalue weighted by Gasteiger charge is -2.33. The molecule has 2 atom stereocenters. The Hall–Kier alpha value is -2.25. The molecule has 0 spiro atoms. The van der Waals surface area contributed by atoms with Crippen LogP contribution in [0.4, 0.5) is 0 Å². The Morgan fingerprint density at radius 2 is 1.94 bits per heavy atom. The second-order valence-corrected chi connectivity index (χ2v) is 9.14. The van der Waals surface area contributed by atoms with Crippen LogP contribution in [0.5, 0.6) is 5.75 Å². The van der Waals surface area contributed by atoms with E-state index in [2.05, 4.69) is 9.88 Å². The molecule has 1 amide bonds. The fourth-order valence-electron chi connectivity index (χ4n) is 4.38. The summed E-state index contributed by atoms with van der Waals surface area (Å²) in [5.41, 5.74) is 7.49. The van der Waals surface area contributed by atoms with E-state index in [1.165, 1.54) is 0 Å². The number of nitrogens with one attached hydrogen (secondary N) is 1. The molecule has 170 valence electrons. The van der Waals surface area contributed by atoms with Gasteiger partial charge in [-0.25, -0.2) is 0 Å². The standard InChI is InChI=1S/C24H27Cl2N3O3/c25-21-6-5-17(12-22(21)26)32-16-7-9-29(10-8-16)14-15(30)11-19(24(27)31)20-13-28-23-4-2-1-3-18(20)23/h1-6,12-13,15-16,19,28,30H,7-11,14H2,(H2,27,31)/t15?,19-/m1/s1. The maximum atomic E-state index is 12.2. The number of amides is 1. The highest BCUT2D eigenvalue weighted by Gasteiger charge is 2.27. The lowest BCUT2D eigenvalue weighted by Crippen LogP contribution is -2.42. The number of aliphatic hydroxyl groups excluding tert-OH is 1. The van der Waals surface area contributed by atoms with Crippen molar-refractivity contribution in [2.75, 3.05) is 19.6 Å². The van der Waals surface area contributed by atoms with Crippen LogP contribution < -0.4 is 10.5 Å². The molecule has 2 heterocycles. The summed E-state index contributed by atoms with van der Waals surface area (Å²) >= 11 is 12.0. The quantitative estimate of drug-likeness (QED) is 0.451. The Morgan fingerprint density at radius 3 is 2.66 bits per heavy atom. The fourth-order valence-corrected chi connectivity index (χ4v) is 4.66. The molecule has 32 heavy (non-hydrogen) atoms. The highest BCUT2D eigenvalue weighted by atomic mass is 35.5. The fraction of sp³-hybridized carbons (Fsp3) is 0.375. The van der Waals surface area contributed by atoms with Crippen LogP contribution in [0.15, 0.2) is 48.7 Å². The lowest BCUT2D eigenvalue weighted by molar-refractivity contribution is -0.120. The average Bonchev–Trinajstić information content (AvgIpc) is 3.20. The number of nitrogens with zero attached hydrogens (tertiary/aromatic N) is 1. The number of hydrogen-bond acceptors (Lipinski definition) is 4. The van der Waals surface area contributed by atoms with Gasteiger partial charge in [0, 0.05) is 42.8 Å². The van der Waals surface area contributed by atoms with Gasteiger partial charge in [0.05, 0.1) is 22.1 Å². The van der Waals surface area contributed by atoms with Gasteiger partial charge in [0.25, 0.3) is 0 Å². The van der Waals surface area contributed by atoms with Gasteiger partial charge >= 0.3 is 0 Å². The van der Waals surface area contributed by atoms with E-state index in [0.717, 1.165) is 42.4 Å². The maximum Gasteiger partial charge on any atom is 0.225 e. The predicted octanol–water partition coefficient (Wildman–Crippen LogP) is 4.34. The number of carbonyl (C=O) groups excluding carboxylic acids is 1. The van der Waals surface area contributed by atoms with Gasteiger partial charge in [-0.2, -0.15) is 0 Å². The summed E-state index contributed by atoms with van der Waals surface area (Å²) in [7, 11) is 0. The molecule has 0 bridgehead atoms. The maximum absolute atomic E-state index is 12.2. The number of nitrogens with two attached hydrogens (primary N) is 1. The smallest absolute Gasteiger partial charge is 0.225 e. The second-order valence-electron chi connectivity index (χ2n) is 8.33. The molecule has 1 saturated heterocycles. The van der Waals surface area contributed by atoms with E-state index >= 15 is 0 Å². The SMILES string of the molecule is NC(=O)[C@H](CC(O)CN1CCC(Oc2ccc(Cl)c(Cl)c2)CC1)c1c[nH]c2ccccc12. The normalized spacial score (nSPS) is 17.3. The van der Waals surface area contributed by atoms with E-state index in [0.29, 0.717) is 22.3 Å². The first-order valence-electron chi connectivity index (χ1n) is 10.8. The summed E-state index contributed by atoms with van der Waals surface area (Å²) in [5, 5.41) is 12.7. The monoisotopic (exact) mass is 475 g/mol. The largest absolute Gasteiger partial charge is 0.490 e. The molecule has 8 heteroatoms. The first-order valence-corrected chi connectivity index (χ1v) is 11.5. The second kappa shape index (κ2) is 10.1.